The summed E-state index contributed by atoms with van der Waals surface area (Å²) in [6.07, 6.45) is -0.529. The summed E-state index contributed by atoms with van der Waals surface area (Å²) in [5.41, 5.74) is 3.07. The molecule has 0 fully saturated rings. The van der Waals surface area contributed by atoms with Crippen LogP contribution in [0.25, 0.3) is 0 Å². The summed E-state index contributed by atoms with van der Waals surface area (Å²) < 4.78 is 15.3. The van der Waals surface area contributed by atoms with Gasteiger partial charge in [0.2, 0.25) is 5.91 Å². The molecular weight excluding hydrogens is 439 g/mol. The van der Waals surface area contributed by atoms with Gasteiger partial charge in [0.05, 0.1) is 6.61 Å². The topological polar surface area (TPSA) is 126 Å². The summed E-state index contributed by atoms with van der Waals surface area (Å²) in [5, 5.41) is 23.0. The molecule has 0 saturated carbocycles. The number of carbonyl (C=O) groups excluding carboxylic acids is 2. The molecule has 3 aromatic carbocycles. The maximum absolute atomic E-state index is 12.2. The van der Waals surface area contributed by atoms with E-state index in [1.165, 1.54) is 0 Å². The lowest BCUT2D eigenvalue weighted by Gasteiger charge is -2.10. The predicted octanol–water partition coefficient (Wildman–Crippen LogP) is 2.62. The van der Waals surface area contributed by atoms with Crippen molar-refractivity contribution in [3.63, 3.8) is 0 Å². The Morgan fingerprint density at radius 1 is 0.824 bits per heavy atom. The highest BCUT2D eigenvalue weighted by Gasteiger charge is 2.11. The second-order valence-corrected chi connectivity index (χ2v) is 7.24. The van der Waals surface area contributed by atoms with Gasteiger partial charge in [-0.1, -0.05) is 54.6 Å². The molecule has 0 aromatic heterocycles. The highest BCUT2D eigenvalue weighted by molar-refractivity contribution is 6.33. The van der Waals surface area contributed by atoms with Gasteiger partial charge in [0, 0.05) is 12.2 Å². The Balaban J connectivity index is 1.37. The van der Waals surface area contributed by atoms with E-state index in [0.717, 1.165) is 16.7 Å². The average molecular weight is 464 g/mol. The highest BCUT2D eigenvalue weighted by atomic mass is 16.6. The summed E-state index contributed by atoms with van der Waals surface area (Å²) in [5.74, 6) is -0.0222. The number of hydrogen-bond donors (Lipinski definition) is 4. The number of alkyl carbamates (subject to hydrolysis) is 1. The Morgan fingerprint density at radius 3 is 2.26 bits per heavy atom. The van der Waals surface area contributed by atoms with Crippen molar-refractivity contribution in [3.8, 4) is 5.75 Å². The van der Waals surface area contributed by atoms with Crippen LogP contribution in [0.1, 0.15) is 16.7 Å². The maximum atomic E-state index is 12.2. The summed E-state index contributed by atoms with van der Waals surface area (Å²) >= 11 is 0. The van der Waals surface area contributed by atoms with E-state index >= 15 is 0 Å². The Kier molecular flexibility index (Phi) is 9.47. The van der Waals surface area contributed by atoms with Crippen molar-refractivity contribution in [2.75, 3.05) is 11.9 Å². The van der Waals surface area contributed by atoms with E-state index < -0.39 is 13.4 Å². The number of anilines is 1. The van der Waals surface area contributed by atoms with Crippen molar-refractivity contribution >= 4 is 25.0 Å². The third-order valence-corrected chi connectivity index (χ3v) is 4.53. The maximum Gasteiger partial charge on any atom is 0.707 e. The van der Waals surface area contributed by atoms with Crippen molar-refractivity contribution in [3.05, 3.63) is 95.6 Å². The van der Waals surface area contributed by atoms with E-state index in [1.807, 2.05) is 36.4 Å². The molecule has 34 heavy (non-hydrogen) atoms. The van der Waals surface area contributed by atoms with E-state index in [-0.39, 0.29) is 32.3 Å². The first-order chi connectivity index (χ1) is 16.5. The first-order valence-corrected chi connectivity index (χ1v) is 10.5. The van der Waals surface area contributed by atoms with Gasteiger partial charge in [0.1, 0.15) is 19.0 Å². The molecule has 3 aromatic rings. The molecular formula is C24H25BN2O7. The molecule has 0 aliphatic heterocycles. The van der Waals surface area contributed by atoms with E-state index in [2.05, 4.69) is 10.6 Å². The molecule has 0 bridgehead atoms. The van der Waals surface area contributed by atoms with E-state index in [0.29, 0.717) is 11.4 Å². The van der Waals surface area contributed by atoms with Gasteiger partial charge in [-0.2, -0.15) is 0 Å². The van der Waals surface area contributed by atoms with Gasteiger partial charge < -0.3 is 34.8 Å². The van der Waals surface area contributed by atoms with Crippen molar-refractivity contribution in [2.45, 2.75) is 19.8 Å². The second-order valence-electron chi connectivity index (χ2n) is 7.24. The summed E-state index contributed by atoms with van der Waals surface area (Å²) in [4.78, 5) is 24.1. The smallest absolute Gasteiger partial charge is 0.512 e. The van der Waals surface area contributed by atoms with Gasteiger partial charge in [-0.3, -0.25) is 4.79 Å². The summed E-state index contributed by atoms with van der Waals surface area (Å²) in [6.45, 7) is 0.486. The first kappa shape index (κ1) is 24.8. The monoisotopic (exact) mass is 464 g/mol. The molecule has 0 unspecified atom stereocenters. The van der Waals surface area contributed by atoms with Gasteiger partial charge in [0.25, 0.3) is 0 Å². The molecule has 3 rings (SSSR count). The third kappa shape index (κ3) is 8.95. The van der Waals surface area contributed by atoms with Crippen molar-refractivity contribution < 1.29 is 33.8 Å². The fourth-order valence-electron chi connectivity index (χ4n) is 2.95. The van der Waals surface area contributed by atoms with E-state index in [4.69, 9.17) is 24.2 Å². The van der Waals surface area contributed by atoms with Gasteiger partial charge in [-0.15, -0.1) is 0 Å². The van der Waals surface area contributed by atoms with Gasteiger partial charge in [0.15, 0.2) is 0 Å². The first-order valence-electron chi connectivity index (χ1n) is 10.5. The molecule has 176 valence electrons. The van der Waals surface area contributed by atoms with E-state index in [9.17, 15) is 9.59 Å². The lowest BCUT2D eigenvalue weighted by atomic mass is 10.2. The lowest BCUT2D eigenvalue weighted by Crippen LogP contribution is -2.23. The van der Waals surface area contributed by atoms with Crippen LogP contribution in [-0.4, -0.2) is 36.0 Å². The molecule has 10 heteroatoms. The Hall–Kier alpha value is -3.86. The zero-order chi connectivity index (χ0) is 24.2. The van der Waals surface area contributed by atoms with Crippen LogP contribution in [0, 0.1) is 0 Å². The lowest BCUT2D eigenvalue weighted by molar-refractivity contribution is -0.121. The minimum Gasteiger partial charge on any atom is -0.512 e. The molecule has 4 N–H and O–H groups in total. The zero-order valence-electron chi connectivity index (χ0n) is 18.3. The number of carbonyl (C=O) groups is 2. The fraction of sp³-hybridized carbons (Fsp3) is 0.167. The molecule has 0 aliphatic carbocycles. The van der Waals surface area contributed by atoms with Gasteiger partial charge in [-0.05, 0) is 41.0 Å². The SMILES string of the molecule is O=C(COCc1ccc(OB(O)O)cc1)Nc1cccc(CNC(=O)OCc2ccccc2)c1. The average Bonchev–Trinajstić information content (AvgIpc) is 2.83. The number of benzene rings is 3. The molecule has 9 nitrogen and oxygen atoms in total. The third-order valence-electron chi connectivity index (χ3n) is 4.53. The number of rotatable bonds is 11. The van der Waals surface area contributed by atoms with Crippen LogP contribution < -0.4 is 15.3 Å². The number of nitrogens with one attached hydrogen (secondary N) is 2. The second kappa shape index (κ2) is 13.0. The Labute approximate surface area is 197 Å². The van der Waals surface area contributed by atoms with E-state index in [1.54, 1.807) is 42.5 Å². The van der Waals surface area contributed by atoms with Crippen molar-refractivity contribution in [1.82, 2.24) is 5.32 Å². The van der Waals surface area contributed by atoms with Gasteiger partial charge in [-0.25, -0.2) is 4.79 Å². The normalized spacial score (nSPS) is 10.3. The molecule has 0 aliphatic rings. The molecule has 0 radical (unpaired) electrons. The summed E-state index contributed by atoms with van der Waals surface area (Å²) in [6, 6.07) is 23.0. The minimum atomic E-state index is -1.88. The van der Waals surface area contributed by atoms with Crippen LogP contribution in [0.5, 0.6) is 5.75 Å². The highest BCUT2D eigenvalue weighted by Crippen LogP contribution is 2.14. The van der Waals surface area contributed by atoms with Crippen LogP contribution in [-0.2, 0) is 34.0 Å². The number of ether oxygens (including phenoxy) is 2. The standard InChI is InChI=1S/C24H25BN2O7/c28-23(17-32-15-19-9-11-22(12-10-19)34-25(30)31)27-21-8-4-7-20(13-21)14-26-24(29)33-16-18-5-2-1-3-6-18/h1-13,30-31H,14-17H2,(H,26,29)(H,27,28). The summed E-state index contributed by atoms with van der Waals surface area (Å²) in [7, 11) is -1.88. The van der Waals surface area contributed by atoms with Gasteiger partial charge >= 0.3 is 13.4 Å². The molecule has 0 spiro atoms. The molecule has 0 heterocycles. The molecule has 2 amide bonds. The van der Waals surface area contributed by atoms with Crippen molar-refractivity contribution in [2.24, 2.45) is 0 Å². The van der Waals surface area contributed by atoms with Crippen LogP contribution in [0.15, 0.2) is 78.9 Å². The van der Waals surface area contributed by atoms with Crippen LogP contribution in [0.4, 0.5) is 10.5 Å². The van der Waals surface area contributed by atoms with Crippen LogP contribution in [0.2, 0.25) is 0 Å². The van der Waals surface area contributed by atoms with Crippen LogP contribution in [0.3, 0.4) is 0 Å². The number of hydrogen-bond acceptors (Lipinski definition) is 7. The predicted molar refractivity (Wildman–Crippen MR) is 125 cm³/mol. The van der Waals surface area contributed by atoms with Crippen LogP contribution >= 0.6 is 0 Å². The molecule has 0 saturated heterocycles. The van der Waals surface area contributed by atoms with Crippen molar-refractivity contribution in [1.29, 1.82) is 0 Å². The molecule has 0 atom stereocenters. The Morgan fingerprint density at radius 2 is 1.53 bits per heavy atom. The Bertz CT molecular complexity index is 1060. The number of amides is 2. The zero-order valence-corrected chi connectivity index (χ0v) is 18.3. The quantitative estimate of drug-likeness (QED) is 0.322. The fourth-order valence-corrected chi connectivity index (χ4v) is 2.95. The minimum absolute atomic E-state index is 0.151. The largest absolute Gasteiger partial charge is 0.707 e.